The predicted octanol–water partition coefficient (Wildman–Crippen LogP) is 4.35. The zero-order chi connectivity index (χ0) is 12.1. The van der Waals surface area contributed by atoms with E-state index in [0.717, 1.165) is 18.4 Å². The van der Waals surface area contributed by atoms with Crippen LogP contribution in [0, 0.1) is 0 Å². The van der Waals surface area contributed by atoms with E-state index in [1.807, 2.05) is 6.92 Å². The van der Waals surface area contributed by atoms with Gasteiger partial charge in [-0.2, -0.15) is 0 Å². The molecule has 0 bridgehead atoms. The van der Waals surface area contributed by atoms with Crippen molar-refractivity contribution in [3.8, 4) is 0 Å². The molecule has 0 spiro atoms. The normalized spacial score (nSPS) is 12.4. The van der Waals surface area contributed by atoms with Gasteiger partial charge < -0.3 is 5.11 Å². The van der Waals surface area contributed by atoms with Gasteiger partial charge in [0, 0.05) is 10.0 Å². The molecule has 16 heavy (non-hydrogen) atoms. The molecule has 0 amide bonds. The molecule has 88 valence electrons. The van der Waals surface area contributed by atoms with Crippen molar-refractivity contribution in [1.29, 1.82) is 0 Å². The van der Waals surface area contributed by atoms with Crippen molar-refractivity contribution < 1.29 is 9.90 Å². The van der Waals surface area contributed by atoms with Gasteiger partial charge in [0.25, 0.3) is 0 Å². The molecule has 1 atom stereocenters. The van der Waals surface area contributed by atoms with Crippen molar-refractivity contribution in [3.05, 3.63) is 33.8 Å². The van der Waals surface area contributed by atoms with Crippen LogP contribution >= 0.6 is 23.2 Å². The van der Waals surface area contributed by atoms with E-state index in [1.54, 1.807) is 18.2 Å². The van der Waals surface area contributed by atoms with Gasteiger partial charge in [0.05, 0.1) is 6.42 Å². The van der Waals surface area contributed by atoms with Crippen molar-refractivity contribution in [1.82, 2.24) is 0 Å². The molecule has 0 fully saturated rings. The third-order valence-corrected chi connectivity index (χ3v) is 2.85. The lowest BCUT2D eigenvalue weighted by Crippen LogP contribution is -2.06. The van der Waals surface area contributed by atoms with E-state index in [-0.39, 0.29) is 12.3 Å². The van der Waals surface area contributed by atoms with Crippen LogP contribution in [0.3, 0.4) is 0 Å². The lowest BCUT2D eigenvalue weighted by atomic mass is 9.91. The van der Waals surface area contributed by atoms with Gasteiger partial charge in [-0.3, -0.25) is 4.79 Å². The number of hydrogen-bond donors (Lipinski definition) is 1. The quantitative estimate of drug-likeness (QED) is 0.855. The lowest BCUT2D eigenvalue weighted by Gasteiger charge is -2.15. The molecule has 2 nitrogen and oxygen atoms in total. The molecule has 0 aliphatic carbocycles. The van der Waals surface area contributed by atoms with Crippen molar-refractivity contribution in [2.75, 3.05) is 0 Å². The summed E-state index contributed by atoms with van der Waals surface area (Å²) in [4.78, 5) is 10.8. The summed E-state index contributed by atoms with van der Waals surface area (Å²) in [5, 5.41) is 9.94. The Morgan fingerprint density at radius 1 is 1.31 bits per heavy atom. The molecular weight excluding hydrogens is 247 g/mol. The molecule has 1 N–H and O–H groups in total. The average Bonchev–Trinajstić information content (AvgIpc) is 2.14. The Kier molecular flexibility index (Phi) is 5.10. The molecule has 0 aliphatic rings. The standard InChI is InChI=1S/C12H14Cl2O2/c1-2-3-8(6-12(15)16)9-4-10(13)7-11(14)5-9/h4-5,7-8H,2-3,6H2,1H3,(H,15,16). The molecule has 4 heteroatoms. The van der Waals surface area contributed by atoms with Gasteiger partial charge in [-0.05, 0) is 36.1 Å². The smallest absolute Gasteiger partial charge is 0.303 e. The van der Waals surface area contributed by atoms with E-state index >= 15 is 0 Å². The van der Waals surface area contributed by atoms with Crippen LogP contribution in [0.1, 0.15) is 37.7 Å². The van der Waals surface area contributed by atoms with E-state index in [9.17, 15) is 4.79 Å². The highest BCUT2D eigenvalue weighted by molar-refractivity contribution is 6.34. The molecule has 1 aromatic rings. The Labute approximate surface area is 105 Å². The summed E-state index contributed by atoms with van der Waals surface area (Å²) in [5.74, 6) is -0.812. The first-order valence-corrected chi connectivity index (χ1v) is 5.96. The molecule has 1 rings (SSSR count). The van der Waals surface area contributed by atoms with Crippen molar-refractivity contribution >= 4 is 29.2 Å². The van der Waals surface area contributed by atoms with Crippen LogP contribution in [-0.4, -0.2) is 11.1 Å². The van der Waals surface area contributed by atoms with Crippen LogP contribution in [0.5, 0.6) is 0 Å². The largest absolute Gasteiger partial charge is 0.481 e. The lowest BCUT2D eigenvalue weighted by molar-refractivity contribution is -0.137. The van der Waals surface area contributed by atoms with Gasteiger partial charge >= 0.3 is 5.97 Å². The number of aliphatic carboxylic acids is 1. The van der Waals surface area contributed by atoms with Gasteiger partial charge in [-0.1, -0.05) is 36.5 Å². The summed E-state index contributed by atoms with van der Waals surface area (Å²) in [6, 6.07) is 5.23. The highest BCUT2D eigenvalue weighted by Crippen LogP contribution is 2.29. The van der Waals surface area contributed by atoms with Crippen molar-refractivity contribution in [3.63, 3.8) is 0 Å². The fraction of sp³-hybridized carbons (Fsp3) is 0.417. The molecule has 0 heterocycles. The molecular formula is C12H14Cl2O2. The number of carboxylic acids is 1. The van der Waals surface area contributed by atoms with E-state index in [0.29, 0.717) is 10.0 Å². The van der Waals surface area contributed by atoms with Crippen LogP contribution in [0.4, 0.5) is 0 Å². The second-order valence-electron chi connectivity index (χ2n) is 3.79. The minimum Gasteiger partial charge on any atom is -0.481 e. The zero-order valence-electron chi connectivity index (χ0n) is 9.04. The molecule has 0 saturated heterocycles. The number of carbonyl (C=O) groups is 1. The Morgan fingerprint density at radius 2 is 1.88 bits per heavy atom. The topological polar surface area (TPSA) is 37.3 Å². The maximum atomic E-state index is 10.8. The molecule has 0 saturated carbocycles. The summed E-state index contributed by atoms with van der Waals surface area (Å²) >= 11 is 11.8. The Morgan fingerprint density at radius 3 is 2.31 bits per heavy atom. The molecule has 0 aromatic heterocycles. The van der Waals surface area contributed by atoms with Crippen molar-refractivity contribution in [2.45, 2.75) is 32.1 Å². The number of carboxylic acid groups (broad SMARTS) is 1. The Bertz CT molecular complexity index is 357. The second kappa shape index (κ2) is 6.12. The van der Waals surface area contributed by atoms with Crippen LogP contribution in [0.2, 0.25) is 10.0 Å². The summed E-state index contributed by atoms with van der Waals surface area (Å²) in [7, 11) is 0. The molecule has 0 radical (unpaired) electrons. The second-order valence-corrected chi connectivity index (χ2v) is 4.66. The monoisotopic (exact) mass is 260 g/mol. The first-order chi connectivity index (χ1) is 7.52. The SMILES string of the molecule is CCCC(CC(=O)O)c1cc(Cl)cc(Cl)c1. The van der Waals surface area contributed by atoms with Crippen LogP contribution in [0.15, 0.2) is 18.2 Å². The minimum absolute atomic E-state index is 0.0151. The van der Waals surface area contributed by atoms with Crippen LogP contribution < -0.4 is 0 Å². The summed E-state index contributed by atoms with van der Waals surface area (Å²) in [6.45, 7) is 2.03. The van der Waals surface area contributed by atoms with Crippen molar-refractivity contribution in [2.24, 2.45) is 0 Å². The van der Waals surface area contributed by atoms with Crippen LogP contribution in [0.25, 0.3) is 0 Å². The van der Waals surface area contributed by atoms with Gasteiger partial charge in [-0.15, -0.1) is 0 Å². The third kappa shape index (κ3) is 4.03. The molecule has 1 unspecified atom stereocenters. The van der Waals surface area contributed by atoms with Gasteiger partial charge in [0.15, 0.2) is 0 Å². The highest BCUT2D eigenvalue weighted by atomic mass is 35.5. The number of benzene rings is 1. The Balaban J connectivity index is 2.95. The fourth-order valence-corrected chi connectivity index (χ4v) is 2.30. The molecule has 1 aromatic carbocycles. The summed E-state index contributed by atoms with van der Waals surface area (Å²) in [5.41, 5.74) is 0.904. The van der Waals surface area contributed by atoms with Gasteiger partial charge in [0.2, 0.25) is 0 Å². The highest BCUT2D eigenvalue weighted by Gasteiger charge is 2.15. The number of halogens is 2. The van der Waals surface area contributed by atoms with Gasteiger partial charge in [0.1, 0.15) is 0 Å². The van der Waals surface area contributed by atoms with E-state index in [1.165, 1.54) is 0 Å². The number of rotatable bonds is 5. The predicted molar refractivity (Wildman–Crippen MR) is 66.4 cm³/mol. The van der Waals surface area contributed by atoms with E-state index < -0.39 is 5.97 Å². The van der Waals surface area contributed by atoms with E-state index in [4.69, 9.17) is 28.3 Å². The number of hydrogen-bond acceptors (Lipinski definition) is 1. The maximum absolute atomic E-state index is 10.8. The Hall–Kier alpha value is -0.730. The first kappa shape index (κ1) is 13.3. The van der Waals surface area contributed by atoms with E-state index in [2.05, 4.69) is 0 Å². The molecule has 0 aliphatic heterocycles. The third-order valence-electron chi connectivity index (χ3n) is 2.41. The minimum atomic E-state index is -0.797. The average molecular weight is 261 g/mol. The zero-order valence-corrected chi connectivity index (χ0v) is 10.6. The summed E-state index contributed by atoms with van der Waals surface area (Å²) in [6.07, 6.45) is 1.87. The first-order valence-electron chi connectivity index (χ1n) is 5.20. The maximum Gasteiger partial charge on any atom is 0.303 e. The van der Waals surface area contributed by atoms with Crippen LogP contribution in [-0.2, 0) is 4.79 Å². The van der Waals surface area contributed by atoms with Gasteiger partial charge in [-0.25, -0.2) is 0 Å². The summed E-state index contributed by atoms with van der Waals surface area (Å²) < 4.78 is 0. The fourth-order valence-electron chi connectivity index (χ4n) is 1.76.